The van der Waals surface area contributed by atoms with Crippen molar-refractivity contribution in [3.63, 3.8) is 0 Å². The van der Waals surface area contributed by atoms with E-state index < -0.39 is 0 Å². The van der Waals surface area contributed by atoms with Gasteiger partial charge in [0.05, 0.1) is 6.33 Å². The van der Waals surface area contributed by atoms with Crippen LogP contribution in [0.25, 0.3) is 11.2 Å². The smallest absolute Gasteiger partial charge is 0.181 e. The van der Waals surface area contributed by atoms with E-state index in [4.69, 9.17) is 0 Å². The quantitative estimate of drug-likeness (QED) is 0.713. The molecular weight excluding hydrogens is 286 g/mol. The molecule has 0 saturated heterocycles. The van der Waals surface area contributed by atoms with Gasteiger partial charge < -0.3 is 10.3 Å². The molecule has 0 spiro atoms. The van der Waals surface area contributed by atoms with Crippen LogP contribution in [0.4, 0.5) is 5.82 Å². The first-order chi connectivity index (χ1) is 10.3. The van der Waals surface area contributed by atoms with Gasteiger partial charge in [-0.1, -0.05) is 0 Å². The zero-order chi connectivity index (χ0) is 14.2. The highest BCUT2D eigenvalue weighted by Gasteiger charge is 2.27. The molecule has 106 valence electrons. The van der Waals surface area contributed by atoms with Gasteiger partial charge in [0.15, 0.2) is 5.65 Å². The van der Waals surface area contributed by atoms with E-state index in [0.717, 1.165) is 27.2 Å². The van der Waals surface area contributed by atoms with Crippen LogP contribution >= 0.6 is 11.8 Å². The maximum atomic E-state index is 4.65. The third-order valence-corrected chi connectivity index (χ3v) is 4.23. The number of H-pyrrole nitrogens is 1. The van der Waals surface area contributed by atoms with Crippen molar-refractivity contribution >= 4 is 28.7 Å². The van der Waals surface area contributed by atoms with Crippen LogP contribution in [0.2, 0.25) is 0 Å². The summed E-state index contributed by atoms with van der Waals surface area (Å²) in [6, 6.07) is 1.93. The SMILES string of the molecule is CNc1cc(Sc2ncnc3nc[nH]c23)nc(C2CC2)n1. The van der Waals surface area contributed by atoms with Gasteiger partial charge in [-0.3, -0.25) is 0 Å². The Hall–Kier alpha value is -2.22. The summed E-state index contributed by atoms with van der Waals surface area (Å²) in [5.41, 5.74) is 1.50. The Balaban J connectivity index is 1.73. The van der Waals surface area contributed by atoms with E-state index in [1.165, 1.54) is 30.9 Å². The van der Waals surface area contributed by atoms with Gasteiger partial charge in [-0.2, -0.15) is 0 Å². The van der Waals surface area contributed by atoms with E-state index in [9.17, 15) is 0 Å². The zero-order valence-corrected chi connectivity index (χ0v) is 12.2. The van der Waals surface area contributed by atoms with E-state index in [1.807, 2.05) is 13.1 Å². The number of aromatic amines is 1. The molecule has 4 rings (SSSR count). The average molecular weight is 299 g/mol. The molecule has 21 heavy (non-hydrogen) atoms. The molecular formula is C13H13N7S. The Morgan fingerprint density at radius 2 is 2.14 bits per heavy atom. The predicted octanol–water partition coefficient (Wildman–Crippen LogP) is 2.21. The second-order valence-electron chi connectivity index (χ2n) is 4.86. The molecule has 7 nitrogen and oxygen atoms in total. The molecule has 1 aliphatic rings. The Morgan fingerprint density at radius 1 is 1.24 bits per heavy atom. The zero-order valence-electron chi connectivity index (χ0n) is 11.4. The van der Waals surface area contributed by atoms with Crippen LogP contribution in [-0.4, -0.2) is 37.0 Å². The normalized spacial score (nSPS) is 14.5. The number of aromatic nitrogens is 6. The van der Waals surface area contributed by atoms with Crippen molar-refractivity contribution in [2.24, 2.45) is 0 Å². The molecule has 3 heterocycles. The van der Waals surface area contributed by atoms with Crippen molar-refractivity contribution in [1.29, 1.82) is 0 Å². The lowest BCUT2D eigenvalue weighted by molar-refractivity contribution is 0.879. The van der Waals surface area contributed by atoms with Gasteiger partial charge in [0.1, 0.15) is 33.5 Å². The summed E-state index contributed by atoms with van der Waals surface area (Å²) in [5, 5.41) is 4.79. The Bertz CT molecular complexity index is 796. The maximum Gasteiger partial charge on any atom is 0.181 e. The summed E-state index contributed by atoms with van der Waals surface area (Å²) < 4.78 is 0. The van der Waals surface area contributed by atoms with Crippen molar-refractivity contribution < 1.29 is 0 Å². The van der Waals surface area contributed by atoms with Crippen LogP contribution in [0.15, 0.2) is 28.8 Å². The van der Waals surface area contributed by atoms with E-state index >= 15 is 0 Å². The van der Waals surface area contributed by atoms with Crippen LogP contribution in [0.3, 0.4) is 0 Å². The second kappa shape index (κ2) is 4.96. The highest BCUT2D eigenvalue weighted by Crippen LogP contribution is 2.39. The maximum absolute atomic E-state index is 4.65. The number of anilines is 1. The predicted molar refractivity (Wildman–Crippen MR) is 79.4 cm³/mol. The first-order valence-corrected chi connectivity index (χ1v) is 7.54. The summed E-state index contributed by atoms with van der Waals surface area (Å²) in [5.74, 6) is 2.26. The topological polar surface area (TPSA) is 92.3 Å². The van der Waals surface area contributed by atoms with E-state index in [-0.39, 0.29) is 0 Å². The number of rotatable bonds is 4. The molecule has 3 aromatic rings. The minimum absolute atomic E-state index is 0.509. The van der Waals surface area contributed by atoms with Crippen LogP contribution in [0, 0.1) is 0 Å². The van der Waals surface area contributed by atoms with Gasteiger partial charge in [-0.25, -0.2) is 24.9 Å². The van der Waals surface area contributed by atoms with E-state index in [1.54, 1.807) is 6.33 Å². The minimum atomic E-state index is 0.509. The van der Waals surface area contributed by atoms with Crippen LogP contribution in [0.1, 0.15) is 24.6 Å². The van der Waals surface area contributed by atoms with E-state index in [0.29, 0.717) is 11.6 Å². The largest absolute Gasteiger partial charge is 0.373 e. The fraction of sp³-hybridized carbons (Fsp3) is 0.308. The van der Waals surface area contributed by atoms with Gasteiger partial charge >= 0.3 is 0 Å². The number of hydrogen-bond acceptors (Lipinski definition) is 7. The van der Waals surface area contributed by atoms with Gasteiger partial charge in [0.2, 0.25) is 0 Å². The van der Waals surface area contributed by atoms with Gasteiger partial charge in [-0.15, -0.1) is 0 Å². The lowest BCUT2D eigenvalue weighted by Crippen LogP contribution is -2.00. The Labute approximate surface area is 125 Å². The standard InChI is InChI=1S/C13H13N7S/c1-14-8-4-9(20-11(19-8)7-2-3-7)21-13-10-12(16-5-15-10)17-6-18-13/h4-7H,2-3H2,1H3,(H,14,19,20)(H,15,16,17,18). The molecule has 0 amide bonds. The molecule has 2 N–H and O–H groups in total. The van der Waals surface area contributed by atoms with Crippen molar-refractivity contribution in [2.75, 3.05) is 12.4 Å². The average Bonchev–Trinajstić information content (AvgIpc) is 3.25. The number of fused-ring (bicyclic) bond motifs is 1. The first-order valence-electron chi connectivity index (χ1n) is 6.72. The molecule has 0 unspecified atom stereocenters. The molecule has 1 saturated carbocycles. The third-order valence-electron chi connectivity index (χ3n) is 3.31. The summed E-state index contributed by atoms with van der Waals surface area (Å²) in [7, 11) is 1.87. The second-order valence-corrected chi connectivity index (χ2v) is 5.87. The third kappa shape index (κ3) is 2.42. The number of hydrogen-bond donors (Lipinski definition) is 2. The molecule has 0 atom stereocenters. The molecule has 1 aliphatic carbocycles. The lowest BCUT2D eigenvalue weighted by Gasteiger charge is -2.06. The van der Waals surface area contributed by atoms with Crippen molar-refractivity contribution in [3.05, 3.63) is 24.5 Å². The number of nitrogens with one attached hydrogen (secondary N) is 2. The molecule has 0 bridgehead atoms. The van der Waals surface area contributed by atoms with Crippen molar-refractivity contribution in [3.8, 4) is 0 Å². The number of imidazole rings is 1. The van der Waals surface area contributed by atoms with Gasteiger partial charge in [-0.05, 0) is 24.6 Å². The molecule has 1 fully saturated rings. The molecule has 3 aromatic heterocycles. The molecule has 0 aromatic carbocycles. The number of nitrogens with zero attached hydrogens (tertiary/aromatic N) is 5. The highest BCUT2D eigenvalue weighted by atomic mass is 32.2. The lowest BCUT2D eigenvalue weighted by atomic mass is 10.4. The summed E-state index contributed by atoms with van der Waals surface area (Å²) >= 11 is 1.50. The molecule has 8 heteroatoms. The fourth-order valence-corrected chi connectivity index (χ4v) is 2.93. The molecule has 0 aliphatic heterocycles. The molecule has 0 radical (unpaired) electrons. The Morgan fingerprint density at radius 3 is 2.95 bits per heavy atom. The van der Waals surface area contributed by atoms with Crippen molar-refractivity contribution in [1.82, 2.24) is 29.9 Å². The van der Waals surface area contributed by atoms with Crippen LogP contribution < -0.4 is 5.32 Å². The highest BCUT2D eigenvalue weighted by molar-refractivity contribution is 7.99. The fourth-order valence-electron chi connectivity index (χ4n) is 2.07. The van der Waals surface area contributed by atoms with Crippen LogP contribution in [0.5, 0.6) is 0 Å². The summed E-state index contributed by atoms with van der Waals surface area (Å²) in [6.45, 7) is 0. The van der Waals surface area contributed by atoms with E-state index in [2.05, 4.69) is 35.2 Å². The van der Waals surface area contributed by atoms with Crippen molar-refractivity contribution in [2.45, 2.75) is 28.8 Å². The first kappa shape index (κ1) is 12.5. The van der Waals surface area contributed by atoms with Gasteiger partial charge in [0, 0.05) is 19.0 Å². The minimum Gasteiger partial charge on any atom is -0.373 e. The van der Waals surface area contributed by atoms with Crippen LogP contribution in [-0.2, 0) is 0 Å². The summed E-state index contributed by atoms with van der Waals surface area (Å²) in [6.07, 6.45) is 5.50. The van der Waals surface area contributed by atoms with Gasteiger partial charge in [0.25, 0.3) is 0 Å². The monoisotopic (exact) mass is 299 g/mol. The Kier molecular flexibility index (Phi) is 2.95. The summed E-state index contributed by atoms with van der Waals surface area (Å²) in [4.78, 5) is 24.8.